The maximum absolute atomic E-state index is 12.6. The van der Waals surface area contributed by atoms with Crippen molar-refractivity contribution in [2.75, 3.05) is 13.1 Å². The molecule has 1 amide bonds. The van der Waals surface area contributed by atoms with Crippen molar-refractivity contribution < 1.29 is 4.79 Å². The molecule has 3 nitrogen and oxygen atoms in total. The molecule has 1 saturated heterocycles. The van der Waals surface area contributed by atoms with Crippen LogP contribution in [0.5, 0.6) is 0 Å². The van der Waals surface area contributed by atoms with Gasteiger partial charge in [0.2, 0.25) is 5.91 Å². The van der Waals surface area contributed by atoms with Gasteiger partial charge in [0.15, 0.2) is 0 Å². The molecule has 2 aliphatic rings. The molecule has 0 bridgehead atoms. The Morgan fingerprint density at radius 1 is 1.24 bits per heavy atom. The van der Waals surface area contributed by atoms with E-state index in [-0.39, 0.29) is 5.91 Å². The molecule has 0 spiro atoms. The molecule has 17 heavy (non-hydrogen) atoms. The van der Waals surface area contributed by atoms with Crippen LogP contribution in [0.25, 0.3) is 0 Å². The molecule has 0 atom stereocenters. The van der Waals surface area contributed by atoms with E-state index in [1.807, 2.05) is 4.90 Å². The molecule has 2 rings (SSSR count). The number of hydrogen-bond donors (Lipinski definition) is 1. The first kappa shape index (κ1) is 12.8. The van der Waals surface area contributed by atoms with Crippen LogP contribution in [0.1, 0.15) is 39.5 Å². The Kier molecular flexibility index (Phi) is 3.43. The van der Waals surface area contributed by atoms with Crippen molar-refractivity contribution in [2.45, 2.75) is 39.5 Å². The maximum Gasteiger partial charge on any atom is 0.235 e. The Morgan fingerprint density at radius 3 is 2.18 bits per heavy atom. The number of nitrogens with two attached hydrogens (primary N) is 1. The van der Waals surface area contributed by atoms with Gasteiger partial charge in [-0.1, -0.05) is 26.1 Å². The number of likely N-dealkylation sites (tertiary alicyclic amines) is 1. The zero-order valence-corrected chi connectivity index (χ0v) is 11.6. The quantitative estimate of drug-likeness (QED) is 0.766. The third kappa shape index (κ3) is 2.19. The van der Waals surface area contributed by atoms with Gasteiger partial charge in [-0.2, -0.15) is 0 Å². The lowest BCUT2D eigenvalue weighted by atomic mass is 9.61. The number of carbonyl (C=O) groups is 1. The predicted molar refractivity (Wildman–Crippen MR) is 72.6 cm³/mol. The highest BCUT2D eigenvalue weighted by Gasteiger charge is 2.52. The summed E-state index contributed by atoms with van der Waals surface area (Å²) in [4.78, 5) is 14.9. The maximum atomic E-state index is 12.6. The zero-order chi connectivity index (χ0) is 12.6. The Bertz CT molecular complexity index is 328. The van der Waals surface area contributed by atoms with Gasteiger partial charge < -0.3 is 10.6 Å². The summed E-state index contributed by atoms with van der Waals surface area (Å²) in [5.74, 6) is 1.50. The molecular formula is C13H22N2OS. The Balaban J connectivity index is 2.05. The van der Waals surface area contributed by atoms with E-state index in [4.69, 9.17) is 18.0 Å². The second kappa shape index (κ2) is 4.56. The molecule has 1 heterocycles. The van der Waals surface area contributed by atoms with Gasteiger partial charge in [-0.25, -0.2) is 0 Å². The smallest absolute Gasteiger partial charge is 0.235 e. The van der Waals surface area contributed by atoms with E-state index in [0.717, 1.165) is 44.7 Å². The van der Waals surface area contributed by atoms with E-state index in [1.165, 1.54) is 0 Å². The number of hydrogen-bond acceptors (Lipinski definition) is 2. The standard InChI is InChI=1S/C13H22N2OS/c1-9-3-5-15(6-4-9)12(16)13(11(14)17)7-10(2)8-13/h9-10H,3-8H2,1-2H3,(H2,14,17). The molecule has 0 unspecified atom stereocenters. The van der Waals surface area contributed by atoms with Crippen LogP contribution in [0, 0.1) is 17.3 Å². The normalized spacial score (nSPS) is 34.2. The second-order valence-electron chi connectivity index (χ2n) is 5.93. The van der Waals surface area contributed by atoms with Crippen LogP contribution in [-0.2, 0) is 4.79 Å². The number of piperidine rings is 1. The first-order chi connectivity index (χ1) is 7.95. The van der Waals surface area contributed by atoms with Crippen LogP contribution in [-0.4, -0.2) is 28.9 Å². The molecule has 1 aliphatic heterocycles. The minimum absolute atomic E-state index is 0.190. The highest BCUT2D eigenvalue weighted by molar-refractivity contribution is 7.80. The van der Waals surface area contributed by atoms with Crippen LogP contribution >= 0.6 is 12.2 Å². The molecule has 2 N–H and O–H groups in total. The summed E-state index contributed by atoms with van der Waals surface area (Å²) in [5, 5.41) is 0. The largest absolute Gasteiger partial charge is 0.392 e. The van der Waals surface area contributed by atoms with Crippen LogP contribution in [0.4, 0.5) is 0 Å². The molecular weight excluding hydrogens is 232 g/mol. The van der Waals surface area contributed by atoms with Crippen molar-refractivity contribution >= 4 is 23.1 Å². The number of carbonyl (C=O) groups excluding carboxylic acids is 1. The first-order valence-electron chi connectivity index (χ1n) is 6.55. The van der Waals surface area contributed by atoms with Gasteiger partial charge in [0.05, 0.1) is 10.4 Å². The van der Waals surface area contributed by atoms with Crippen molar-refractivity contribution in [1.82, 2.24) is 4.90 Å². The van der Waals surface area contributed by atoms with E-state index < -0.39 is 5.41 Å². The van der Waals surface area contributed by atoms with Crippen molar-refractivity contribution in [1.29, 1.82) is 0 Å². The Morgan fingerprint density at radius 2 is 1.76 bits per heavy atom. The van der Waals surface area contributed by atoms with Gasteiger partial charge in [-0.3, -0.25) is 4.79 Å². The number of thiocarbonyl (C=S) groups is 1. The minimum atomic E-state index is -0.505. The highest BCUT2D eigenvalue weighted by atomic mass is 32.1. The van der Waals surface area contributed by atoms with E-state index in [1.54, 1.807) is 0 Å². The van der Waals surface area contributed by atoms with Gasteiger partial charge >= 0.3 is 0 Å². The molecule has 2 fully saturated rings. The average Bonchev–Trinajstić information content (AvgIpc) is 2.24. The monoisotopic (exact) mass is 254 g/mol. The SMILES string of the molecule is CC1CCN(C(=O)C2(C(N)=S)CC(C)C2)CC1. The molecule has 1 saturated carbocycles. The Hall–Kier alpha value is -0.640. The summed E-state index contributed by atoms with van der Waals surface area (Å²) >= 11 is 5.13. The van der Waals surface area contributed by atoms with E-state index in [2.05, 4.69) is 13.8 Å². The van der Waals surface area contributed by atoms with Crippen molar-refractivity contribution in [3.63, 3.8) is 0 Å². The summed E-state index contributed by atoms with van der Waals surface area (Å²) in [5.41, 5.74) is 5.31. The number of nitrogens with zero attached hydrogens (tertiary/aromatic N) is 1. The van der Waals surface area contributed by atoms with E-state index >= 15 is 0 Å². The van der Waals surface area contributed by atoms with Crippen LogP contribution in [0.2, 0.25) is 0 Å². The lowest BCUT2D eigenvalue weighted by Gasteiger charge is -2.47. The summed E-state index contributed by atoms with van der Waals surface area (Å²) in [6.45, 7) is 6.15. The van der Waals surface area contributed by atoms with Gasteiger partial charge in [0.1, 0.15) is 0 Å². The van der Waals surface area contributed by atoms with Gasteiger partial charge in [-0.15, -0.1) is 0 Å². The van der Waals surface area contributed by atoms with Crippen LogP contribution < -0.4 is 5.73 Å². The molecule has 0 radical (unpaired) electrons. The number of amides is 1. The summed E-state index contributed by atoms with van der Waals surface area (Å²) in [7, 11) is 0. The number of rotatable bonds is 2. The molecule has 0 aromatic heterocycles. The fraction of sp³-hybridized carbons (Fsp3) is 0.846. The van der Waals surface area contributed by atoms with E-state index in [9.17, 15) is 4.79 Å². The van der Waals surface area contributed by atoms with E-state index in [0.29, 0.717) is 10.9 Å². The lowest BCUT2D eigenvalue weighted by Crippen LogP contribution is -2.58. The summed E-state index contributed by atoms with van der Waals surface area (Å²) < 4.78 is 0. The molecule has 0 aromatic carbocycles. The third-order valence-electron chi connectivity index (χ3n) is 4.35. The molecule has 1 aliphatic carbocycles. The van der Waals surface area contributed by atoms with Crippen molar-refractivity contribution in [3.8, 4) is 0 Å². The Labute approximate surface area is 109 Å². The van der Waals surface area contributed by atoms with Crippen molar-refractivity contribution in [3.05, 3.63) is 0 Å². The molecule has 4 heteroatoms. The highest BCUT2D eigenvalue weighted by Crippen LogP contribution is 2.47. The minimum Gasteiger partial charge on any atom is -0.392 e. The molecule has 96 valence electrons. The first-order valence-corrected chi connectivity index (χ1v) is 6.96. The lowest BCUT2D eigenvalue weighted by molar-refractivity contribution is -0.145. The van der Waals surface area contributed by atoms with Gasteiger partial charge in [-0.05, 0) is 37.5 Å². The van der Waals surface area contributed by atoms with Gasteiger partial charge in [0.25, 0.3) is 0 Å². The average molecular weight is 254 g/mol. The zero-order valence-electron chi connectivity index (χ0n) is 10.7. The fourth-order valence-electron chi connectivity index (χ4n) is 3.13. The van der Waals surface area contributed by atoms with Crippen molar-refractivity contribution in [2.24, 2.45) is 23.0 Å². The molecule has 0 aromatic rings. The predicted octanol–water partition coefficient (Wildman–Crippen LogP) is 1.95. The summed E-state index contributed by atoms with van der Waals surface area (Å²) in [6.07, 6.45) is 3.89. The summed E-state index contributed by atoms with van der Waals surface area (Å²) in [6, 6.07) is 0. The van der Waals surface area contributed by atoms with Crippen LogP contribution in [0.15, 0.2) is 0 Å². The van der Waals surface area contributed by atoms with Gasteiger partial charge in [0, 0.05) is 13.1 Å². The second-order valence-corrected chi connectivity index (χ2v) is 6.37. The third-order valence-corrected chi connectivity index (χ3v) is 4.74. The topological polar surface area (TPSA) is 46.3 Å². The fourth-order valence-corrected chi connectivity index (χ4v) is 3.38. The van der Waals surface area contributed by atoms with Crippen LogP contribution in [0.3, 0.4) is 0 Å².